The van der Waals surface area contributed by atoms with E-state index in [0.29, 0.717) is 0 Å². The van der Waals surface area contributed by atoms with E-state index in [0.717, 1.165) is 16.9 Å². The Morgan fingerprint density at radius 3 is 2.38 bits per heavy atom. The SMILES string of the molecule is C=C(C)/C(=C/c1ccccc1)OC. The lowest BCUT2D eigenvalue weighted by Crippen LogP contribution is -1.86. The van der Waals surface area contributed by atoms with Crippen LogP contribution in [-0.4, -0.2) is 7.11 Å². The maximum absolute atomic E-state index is 5.18. The van der Waals surface area contributed by atoms with Crippen LogP contribution in [0, 0.1) is 0 Å². The van der Waals surface area contributed by atoms with Gasteiger partial charge < -0.3 is 4.74 Å². The van der Waals surface area contributed by atoms with E-state index < -0.39 is 0 Å². The number of benzene rings is 1. The van der Waals surface area contributed by atoms with E-state index in [9.17, 15) is 0 Å². The first-order chi connectivity index (χ1) is 6.24. The summed E-state index contributed by atoms with van der Waals surface area (Å²) < 4.78 is 5.18. The van der Waals surface area contributed by atoms with Gasteiger partial charge in [0.25, 0.3) is 0 Å². The molecule has 0 radical (unpaired) electrons. The summed E-state index contributed by atoms with van der Waals surface area (Å²) in [5.41, 5.74) is 2.06. The minimum absolute atomic E-state index is 0.825. The Morgan fingerprint density at radius 2 is 1.92 bits per heavy atom. The number of ether oxygens (including phenoxy) is 1. The maximum atomic E-state index is 5.18. The van der Waals surface area contributed by atoms with Crippen LogP contribution in [0.25, 0.3) is 6.08 Å². The zero-order chi connectivity index (χ0) is 9.68. The Labute approximate surface area is 79.4 Å². The summed E-state index contributed by atoms with van der Waals surface area (Å²) in [5, 5.41) is 0. The van der Waals surface area contributed by atoms with Gasteiger partial charge in [0.1, 0.15) is 5.76 Å². The third-order valence-corrected chi connectivity index (χ3v) is 1.74. The highest BCUT2D eigenvalue weighted by molar-refractivity contribution is 5.55. The Morgan fingerprint density at radius 1 is 1.31 bits per heavy atom. The molecule has 0 aromatic heterocycles. The van der Waals surface area contributed by atoms with Crippen LogP contribution in [0.5, 0.6) is 0 Å². The molecule has 0 amide bonds. The van der Waals surface area contributed by atoms with E-state index in [1.54, 1.807) is 7.11 Å². The minimum Gasteiger partial charge on any atom is -0.496 e. The van der Waals surface area contributed by atoms with E-state index >= 15 is 0 Å². The Balaban J connectivity index is 2.92. The third kappa shape index (κ3) is 2.79. The molecule has 0 unspecified atom stereocenters. The number of methoxy groups -OCH3 is 1. The van der Waals surface area contributed by atoms with E-state index in [1.807, 2.05) is 43.3 Å². The second-order valence-electron chi connectivity index (χ2n) is 2.90. The van der Waals surface area contributed by atoms with Crippen molar-refractivity contribution < 1.29 is 4.74 Å². The molecule has 0 heterocycles. The fourth-order valence-electron chi connectivity index (χ4n) is 1.06. The van der Waals surface area contributed by atoms with Gasteiger partial charge in [0.2, 0.25) is 0 Å². The Hall–Kier alpha value is -1.50. The van der Waals surface area contributed by atoms with Crippen LogP contribution < -0.4 is 0 Å². The summed E-state index contributed by atoms with van der Waals surface area (Å²) in [6, 6.07) is 10.0. The average molecular weight is 174 g/mol. The van der Waals surface area contributed by atoms with Crippen molar-refractivity contribution in [2.45, 2.75) is 6.92 Å². The highest BCUT2D eigenvalue weighted by Gasteiger charge is 1.96. The van der Waals surface area contributed by atoms with Crippen molar-refractivity contribution in [3.05, 3.63) is 53.8 Å². The fraction of sp³-hybridized carbons (Fsp3) is 0.167. The van der Waals surface area contributed by atoms with Crippen LogP contribution in [0.4, 0.5) is 0 Å². The fourth-order valence-corrected chi connectivity index (χ4v) is 1.06. The molecule has 0 saturated heterocycles. The molecular weight excluding hydrogens is 160 g/mol. The molecular formula is C12H14O. The molecule has 0 bridgehead atoms. The topological polar surface area (TPSA) is 9.23 Å². The normalized spacial score (nSPS) is 11.1. The van der Waals surface area contributed by atoms with Crippen LogP contribution in [0.2, 0.25) is 0 Å². The maximum Gasteiger partial charge on any atom is 0.121 e. The number of allylic oxidation sites excluding steroid dienone is 1. The lowest BCUT2D eigenvalue weighted by atomic mass is 10.1. The van der Waals surface area contributed by atoms with Crippen LogP contribution in [-0.2, 0) is 4.74 Å². The number of rotatable bonds is 3. The van der Waals surface area contributed by atoms with E-state index in [-0.39, 0.29) is 0 Å². The Kier molecular flexibility index (Phi) is 3.32. The van der Waals surface area contributed by atoms with Gasteiger partial charge in [0.15, 0.2) is 0 Å². The number of hydrogen-bond donors (Lipinski definition) is 0. The van der Waals surface area contributed by atoms with Crippen molar-refractivity contribution in [3.63, 3.8) is 0 Å². The second-order valence-corrected chi connectivity index (χ2v) is 2.90. The summed E-state index contributed by atoms with van der Waals surface area (Å²) >= 11 is 0. The molecule has 1 heteroatoms. The zero-order valence-electron chi connectivity index (χ0n) is 8.08. The van der Waals surface area contributed by atoms with Crippen molar-refractivity contribution in [2.75, 3.05) is 7.11 Å². The summed E-state index contributed by atoms with van der Waals surface area (Å²) in [6.07, 6.45) is 1.97. The van der Waals surface area contributed by atoms with E-state index in [1.165, 1.54) is 0 Å². The highest BCUT2D eigenvalue weighted by atomic mass is 16.5. The highest BCUT2D eigenvalue weighted by Crippen LogP contribution is 2.12. The van der Waals surface area contributed by atoms with Gasteiger partial charge in [-0.3, -0.25) is 0 Å². The van der Waals surface area contributed by atoms with Gasteiger partial charge in [0, 0.05) is 0 Å². The standard InChI is InChI=1S/C12H14O/c1-10(2)12(13-3)9-11-7-5-4-6-8-11/h4-9H,1H2,2-3H3/b12-9-. The first-order valence-electron chi connectivity index (χ1n) is 4.20. The van der Waals surface area contributed by atoms with Gasteiger partial charge in [-0.1, -0.05) is 36.9 Å². The van der Waals surface area contributed by atoms with Crippen LogP contribution in [0.1, 0.15) is 12.5 Å². The van der Waals surface area contributed by atoms with E-state index in [4.69, 9.17) is 4.74 Å². The zero-order valence-corrected chi connectivity index (χ0v) is 8.08. The smallest absolute Gasteiger partial charge is 0.121 e. The van der Waals surface area contributed by atoms with Crippen molar-refractivity contribution in [1.82, 2.24) is 0 Å². The van der Waals surface area contributed by atoms with Crippen LogP contribution in [0.3, 0.4) is 0 Å². The van der Waals surface area contributed by atoms with E-state index in [2.05, 4.69) is 6.58 Å². The molecule has 1 rings (SSSR count). The molecule has 0 aliphatic carbocycles. The lowest BCUT2D eigenvalue weighted by Gasteiger charge is -2.04. The molecule has 0 aliphatic heterocycles. The first-order valence-corrected chi connectivity index (χ1v) is 4.20. The minimum atomic E-state index is 0.825. The van der Waals surface area contributed by atoms with Crippen molar-refractivity contribution in [2.24, 2.45) is 0 Å². The molecule has 0 N–H and O–H groups in total. The van der Waals surface area contributed by atoms with Crippen molar-refractivity contribution in [1.29, 1.82) is 0 Å². The van der Waals surface area contributed by atoms with Gasteiger partial charge in [-0.05, 0) is 24.1 Å². The first kappa shape index (κ1) is 9.59. The lowest BCUT2D eigenvalue weighted by molar-refractivity contribution is 0.305. The van der Waals surface area contributed by atoms with Crippen molar-refractivity contribution >= 4 is 6.08 Å². The van der Waals surface area contributed by atoms with Crippen LogP contribution in [0.15, 0.2) is 48.2 Å². The molecule has 13 heavy (non-hydrogen) atoms. The molecule has 0 aliphatic rings. The molecule has 1 nitrogen and oxygen atoms in total. The molecule has 0 atom stereocenters. The van der Waals surface area contributed by atoms with Gasteiger partial charge >= 0.3 is 0 Å². The predicted octanol–water partition coefficient (Wildman–Crippen LogP) is 3.25. The molecule has 68 valence electrons. The van der Waals surface area contributed by atoms with Gasteiger partial charge in [-0.15, -0.1) is 0 Å². The summed E-state index contributed by atoms with van der Waals surface area (Å²) in [7, 11) is 1.66. The van der Waals surface area contributed by atoms with Crippen molar-refractivity contribution in [3.8, 4) is 0 Å². The predicted molar refractivity (Wildman–Crippen MR) is 56.2 cm³/mol. The van der Waals surface area contributed by atoms with Gasteiger partial charge in [-0.2, -0.15) is 0 Å². The summed E-state index contributed by atoms with van der Waals surface area (Å²) in [4.78, 5) is 0. The van der Waals surface area contributed by atoms with Gasteiger partial charge in [0.05, 0.1) is 7.11 Å². The molecule has 1 aromatic rings. The second kappa shape index (κ2) is 4.51. The molecule has 0 fully saturated rings. The summed E-state index contributed by atoms with van der Waals surface area (Å²) in [5.74, 6) is 0.825. The average Bonchev–Trinajstić information content (AvgIpc) is 2.15. The Bertz CT molecular complexity index is 309. The number of hydrogen-bond acceptors (Lipinski definition) is 1. The third-order valence-electron chi connectivity index (χ3n) is 1.74. The molecule has 0 spiro atoms. The molecule has 0 saturated carbocycles. The molecule has 1 aromatic carbocycles. The monoisotopic (exact) mass is 174 g/mol. The van der Waals surface area contributed by atoms with Crippen LogP contribution >= 0.6 is 0 Å². The largest absolute Gasteiger partial charge is 0.496 e. The quantitative estimate of drug-likeness (QED) is 0.505. The summed E-state index contributed by atoms with van der Waals surface area (Å²) in [6.45, 7) is 5.76. The van der Waals surface area contributed by atoms with Gasteiger partial charge in [-0.25, -0.2) is 0 Å².